The largest absolute Gasteiger partial charge is 0.497 e. The maximum Gasteiger partial charge on any atom is 0.319 e. The second-order valence-corrected chi connectivity index (χ2v) is 4.82. The average molecular weight is 317 g/mol. The topological polar surface area (TPSA) is 92.7 Å². The molecule has 0 aliphatic heterocycles. The van der Waals surface area contributed by atoms with Crippen molar-refractivity contribution in [1.82, 2.24) is 10.3 Å². The summed E-state index contributed by atoms with van der Waals surface area (Å²) in [5.41, 5.74) is 0.423. The first-order valence-electron chi connectivity index (χ1n) is 7.08. The number of aliphatic hydroxyl groups is 1. The molecule has 1 aromatic carbocycles. The number of hydrogen-bond donors (Lipinski definition) is 3. The Kier molecular flexibility index (Phi) is 5.76. The number of aromatic nitrogens is 1. The highest BCUT2D eigenvalue weighted by molar-refractivity contribution is 5.90. The number of urea groups is 1. The fourth-order valence-electron chi connectivity index (χ4n) is 1.73. The van der Waals surface area contributed by atoms with E-state index in [4.69, 9.17) is 14.6 Å². The molecule has 0 radical (unpaired) electrons. The van der Waals surface area contributed by atoms with Crippen LogP contribution < -0.4 is 20.1 Å². The van der Waals surface area contributed by atoms with Crippen LogP contribution in [0.3, 0.4) is 0 Å². The first kappa shape index (κ1) is 16.6. The molecule has 0 saturated carbocycles. The molecule has 1 heterocycles. The highest BCUT2D eigenvalue weighted by atomic mass is 16.5. The van der Waals surface area contributed by atoms with Crippen molar-refractivity contribution in [3.8, 4) is 17.4 Å². The number of pyridine rings is 1. The molecule has 1 atom stereocenters. The van der Waals surface area contributed by atoms with Crippen LogP contribution in [0.5, 0.6) is 17.4 Å². The van der Waals surface area contributed by atoms with Crippen molar-refractivity contribution in [1.29, 1.82) is 0 Å². The van der Waals surface area contributed by atoms with Crippen LogP contribution in [-0.2, 0) is 0 Å². The monoisotopic (exact) mass is 317 g/mol. The van der Waals surface area contributed by atoms with Gasteiger partial charge in [0.15, 0.2) is 0 Å². The molecule has 7 nitrogen and oxygen atoms in total. The predicted molar refractivity (Wildman–Crippen MR) is 86.0 cm³/mol. The van der Waals surface area contributed by atoms with Crippen molar-refractivity contribution in [2.24, 2.45) is 0 Å². The third-order valence-electron chi connectivity index (χ3n) is 2.85. The lowest BCUT2D eigenvalue weighted by molar-refractivity contribution is 0.190. The van der Waals surface area contributed by atoms with E-state index in [1.54, 1.807) is 56.6 Å². The van der Waals surface area contributed by atoms with Crippen LogP contribution in [0.2, 0.25) is 0 Å². The van der Waals surface area contributed by atoms with E-state index in [9.17, 15) is 4.79 Å². The quantitative estimate of drug-likeness (QED) is 0.760. The first-order chi connectivity index (χ1) is 11.1. The van der Waals surface area contributed by atoms with E-state index < -0.39 is 12.1 Å². The number of nitrogens with zero attached hydrogens (tertiary/aromatic N) is 1. The lowest BCUT2D eigenvalue weighted by atomic mass is 10.3. The van der Waals surface area contributed by atoms with Gasteiger partial charge in [-0.2, -0.15) is 0 Å². The molecule has 0 unspecified atom stereocenters. The van der Waals surface area contributed by atoms with Crippen molar-refractivity contribution >= 4 is 11.7 Å². The number of methoxy groups -OCH3 is 1. The van der Waals surface area contributed by atoms with E-state index in [-0.39, 0.29) is 12.4 Å². The van der Waals surface area contributed by atoms with E-state index in [0.717, 1.165) is 0 Å². The summed E-state index contributed by atoms with van der Waals surface area (Å²) in [6, 6.07) is 9.93. The summed E-state index contributed by atoms with van der Waals surface area (Å²) in [5.74, 6) is 1.55. The smallest absolute Gasteiger partial charge is 0.319 e. The molecule has 2 aromatic rings. The summed E-state index contributed by atoms with van der Waals surface area (Å²) in [5, 5.41) is 14.3. The third-order valence-corrected chi connectivity index (χ3v) is 2.85. The van der Waals surface area contributed by atoms with Gasteiger partial charge in [0.1, 0.15) is 17.2 Å². The molecule has 0 aliphatic rings. The molecular formula is C16H19N3O4. The van der Waals surface area contributed by atoms with Gasteiger partial charge in [-0.05, 0) is 43.3 Å². The van der Waals surface area contributed by atoms with Gasteiger partial charge in [-0.1, -0.05) is 0 Å². The van der Waals surface area contributed by atoms with Crippen LogP contribution in [0.25, 0.3) is 0 Å². The standard InChI is InChI=1S/C16H19N3O4/c1-11(20)10-18-16(21)19-14-4-3-9-17-15(14)23-13-7-5-12(22-2)6-8-13/h3-9,11,20H,10H2,1-2H3,(H2,18,19,21)/t11-/m0/s1. The van der Waals surface area contributed by atoms with Gasteiger partial charge < -0.3 is 25.2 Å². The van der Waals surface area contributed by atoms with E-state index in [2.05, 4.69) is 15.6 Å². The van der Waals surface area contributed by atoms with Gasteiger partial charge in [-0.3, -0.25) is 0 Å². The van der Waals surface area contributed by atoms with E-state index >= 15 is 0 Å². The lowest BCUT2D eigenvalue weighted by Crippen LogP contribution is -2.34. The number of amides is 2. The normalized spacial score (nSPS) is 11.4. The van der Waals surface area contributed by atoms with Gasteiger partial charge in [0, 0.05) is 12.7 Å². The van der Waals surface area contributed by atoms with Crippen molar-refractivity contribution in [3.63, 3.8) is 0 Å². The molecule has 0 saturated heterocycles. The fourth-order valence-corrected chi connectivity index (χ4v) is 1.73. The van der Waals surface area contributed by atoms with Crippen LogP contribution >= 0.6 is 0 Å². The number of anilines is 1. The van der Waals surface area contributed by atoms with Crippen LogP contribution in [0.4, 0.5) is 10.5 Å². The van der Waals surface area contributed by atoms with Crippen molar-refractivity contribution < 1.29 is 19.4 Å². The molecular weight excluding hydrogens is 298 g/mol. The number of ether oxygens (including phenoxy) is 2. The Bertz CT molecular complexity index is 644. The summed E-state index contributed by atoms with van der Waals surface area (Å²) < 4.78 is 10.8. The van der Waals surface area contributed by atoms with Gasteiger partial charge in [-0.15, -0.1) is 0 Å². The number of nitrogens with one attached hydrogen (secondary N) is 2. The Labute approximate surface area is 134 Å². The molecule has 2 rings (SSSR count). The van der Waals surface area contributed by atoms with Gasteiger partial charge in [0.05, 0.1) is 13.2 Å². The minimum absolute atomic E-state index is 0.154. The zero-order valence-corrected chi connectivity index (χ0v) is 12.9. The van der Waals surface area contributed by atoms with E-state index in [0.29, 0.717) is 17.2 Å². The number of benzene rings is 1. The zero-order chi connectivity index (χ0) is 16.7. The number of aliphatic hydroxyl groups excluding tert-OH is 1. The minimum Gasteiger partial charge on any atom is -0.497 e. The molecule has 3 N–H and O–H groups in total. The van der Waals surface area contributed by atoms with E-state index in [1.807, 2.05) is 0 Å². The second-order valence-electron chi connectivity index (χ2n) is 4.82. The minimum atomic E-state index is -0.621. The van der Waals surface area contributed by atoms with Gasteiger partial charge in [0.25, 0.3) is 0 Å². The Balaban J connectivity index is 2.05. The molecule has 122 valence electrons. The Hall–Kier alpha value is -2.80. The highest BCUT2D eigenvalue weighted by Gasteiger charge is 2.10. The fraction of sp³-hybridized carbons (Fsp3) is 0.250. The molecule has 0 bridgehead atoms. The third kappa shape index (κ3) is 5.15. The summed E-state index contributed by atoms with van der Waals surface area (Å²) in [6.07, 6.45) is 0.947. The highest BCUT2D eigenvalue weighted by Crippen LogP contribution is 2.27. The summed E-state index contributed by atoms with van der Waals surface area (Å²) in [7, 11) is 1.59. The van der Waals surface area contributed by atoms with Gasteiger partial charge >= 0.3 is 6.03 Å². The Morgan fingerprint density at radius 3 is 2.61 bits per heavy atom. The molecule has 1 aromatic heterocycles. The number of hydrogen-bond acceptors (Lipinski definition) is 5. The average Bonchev–Trinajstić information content (AvgIpc) is 2.55. The molecule has 7 heteroatoms. The van der Waals surface area contributed by atoms with Crippen molar-refractivity contribution in [2.75, 3.05) is 19.0 Å². The zero-order valence-electron chi connectivity index (χ0n) is 12.9. The van der Waals surface area contributed by atoms with Crippen LogP contribution in [0.1, 0.15) is 6.92 Å². The van der Waals surface area contributed by atoms with Crippen LogP contribution in [0, 0.1) is 0 Å². The number of carbonyl (C=O) groups is 1. The SMILES string of the molecule is COc1ccc(Oc2ncccc2NC(=O)NC[C@H](C)O)cc1. The maximum atomic E-state index is 11.8. The summed E-state index contributed by atoms with van der Waals surface area (Å²) in [6.45, 7) is 1.74. The summed E-state index contributed by atoms with van der Waals surface area (Å²) in [4.78, 5) is 15.9. The van der Waals surface area contributed by atoms with Crippen molar-refractivity contribution in [3.05, 3.63) is 42.6 Å². The first-order valence-corrected chi connectivity index (χ1v) is 7.08. The number of rotatable bonds is 6. The summed E-state index contributed by atoms with van der Waals surface area (Å²) >= 11 is 0. The van der Waals surface area contributed by atoms with Crippen molar-refractivity contribution in [2.45, 2.75) is 13.0 Å². The van der Waals surface area contributed by atoms with Crippen LogP contribution in [0.15, 0.2) is 42.6 Å². The maximum absolute atomic E-state index is 11.8. The molecule has 0 fully saturated rings. The Morgan fingerprint density at radius 2 is 1.96 bits per heavy atom. The van der Waals surface area contributed by atoms with Gasteiger partial charge in [-0.25, -0.2) is 9.78 Å². The second kappa shape index (κ2) is 8.00. The molecule has 2 amide bonds. The Morgan fingerprint density at radius 1 is 1.26 bits per heavy atom. The van der Waals surface area contributed by atoms with E-state index in [1.165, 1.54) is 0 Å². The molecule has 23 heavy (non-hydrogen) atoms. The van der Waals surface area contributed by atoms with Crippen LogP contribution in [-0.4, -0.2) is 35.9 Å². The number of carbonyl (C=O) groups excluding carboxylic acids is 1. The molecule has 0 aliphatic carbocycles. The van der Waals surface area contributed by atoms with Gasteiger partial charge in [0.2, 0.25) is 5.88 Å². The lowest BCUT2D eigenvalue weighted by Gasteiger charge is -2.12. The predicted octanol–water partition coefficient (Wildman–Crippen LogP) is 2.38. The molecule has 0 spiro atoms.